The number of benzene rings is 1. The number of rotatable bonds is 6. The van der Waals surface area contributed by atoms with Crippen molar-refractivity contribution < 1.29 is 4.74 Å². The van der Waals surface area contributed by atoms with Crippen molar-refractivity contribution in [3.05, 3.63) is 58.7 Å². The first-order valence-corrected chi connectivity index (χ1v) is 8.26. The van der Waals surface area contributed by atoms with Gasteiger partial charge in [0.05, 0.1) is 12.3 Å². The van der Waals surface area contributed by atoms with Gasteiger partial charge in [0.1, 0.15) is 23.8 Å². The molecule has 0 aliphatic heterocycles. The maximum absolute atomic E-state index is 7.03. The Balaban J connectivity index is 1.92. The van der Waals surface area contributed by atoms with E-state index in [0.29, 0.717) is 23.8 Å². The van der Waals surface area contributed by atoms with Gasteiger partial charge in [-0.2, -0.15) is 10.2 Å². The van der Waals surface area contributed by atoms with Gasteiger partial charge in [-0.15, -0.1) is 0 Å². The summed E-state index contributed by atoms with van der Waals surface area (Å²) >= 11 is 0. The second kappa shape index (κ2) is 7.18. The van der Waals surface area contributed by atoms with E-state index in [9.17, 15) is 0 Å². The van der Waals surface area contributed by atoms with Crippen molar-refractivity contribution >= 4 is 5.69 Å². The number of hydrogen-bond acceptors (Lipinski definition) is 4. The third-order valence-corrected chi connectivity index (χ3v) is 3.87. The Morgan fingerprint density at radius 1 is 1.20 bits per heavy atom. The second-order valence-electron chi connectivity index (χ2n) is 5.63. The lowest BCUT2D eigenvalue weighted by atomic mass is 10.2. The van der Waals surface area contributed by atoms with E-state index < -0.39 is 0 Å². The number of aryl methyl sites for hydroxylation is 2. The Bertz CT molecular complexity index is 901. The Labute approximate surface area is 146 Å². The van der Waals surface area contributed by atoms with Gasteiger partial charge in [0.2, 0.25) is 0 Å². The lowest BCUT2D eigenvalue weighted by Crippen LogP contribution is -2.07. The quantitative estimate of drug-likeness (QED) is 0.694. The molecule has 25 heavy (non-hydrogen) atoms. The lowest BCUT2D eigenvalue weighted by Gasteiger charge is -2.09. The molecule has 2 aromatic heterocycles. The van der Waals surface area contributed by atoms with Gasteiger partial charge < -0.3 is 4.74 Å². The molecule has 0 fully saturated rings. The molecule has 0 unspecified atom stereocenters. The summed E-state index contributed by atoms with van der Waals surface area (Å²) in [6, 6.07) is 7.12. The zero-order valence-corrected chi connectivity index (χ0v) is 14.6. The zero-order chi connectivity index (χ0) is 17.8. The van der Waals surface area contributed by atoms with Crippen LogP contribution in [-0.4, -0.2) is 25.0 Å². The van der Waals surface area contributed by atoms with E-state index in [1.165, 1.54) is 0 Å². The smallest absolute Gasteiger partial charge is 0.187 e. The highest BCUT2D eigenvalue weighted by Gasteiger charge is 2.19. The van der Waals surface area contributed by atoms with Crippen molar-refractivity contribution in [1.29, 1.82) is 0 Å². The predicted octanol–water partition coefficient (Wildman–Crippen LogP) is 3.83. The molecule has 3 aromatic rings. The number of H-pyrrole nitrogens is 1. The molecular weight excluding hydrogens is 316 g/mol. The molecule has 0 bridgehead atoms. The molecule has 128 valence electrons. The molecule has 0 spiro atoms. The monoisotopic (exact) mass is 336 g/mol. The highest BCUT2D eigenvalue weighted by atomic mass is 16.5. The van der Waals surface area contributed by atoms with Crippen molar-refractivity contribution in [2.75, 3.05) is 0 Å². The summed E-state index contributed by atoms with van der Waals surface area (Å²) in [5.41, 5.74) is 2.50. The van der Waals surface area contributed by atoms with E-state index in [0.717, 1.165) is 35.8 Å². The largest absolute Gasteiger partial charge is 0.454 e. The van der Waals surface area contributed by atoms with Gasteiger partial charge in [0.15, 0.2) is 17.3 Å². The molecule has 3 rings (SSSR count). The first kappa shape index (κ1) is 16.7. The number of hydrogen-bond donors (Lipinski definition) is 1. The Kier molecular flexibility index (Phi) is 4.80. The zero-order valence-electron chi connectivity index (χ0n) is 14.6. The molecule has 0 aliphatic carbocycles. The Hall–Kier alpha value is -3.14. The van der Waals surface area contributed by atoms with Crippen LogP contribution >= 0.6 is 0 Å². The summed E-state index contributed by atoms with van der Waals surface area (Å²) in [7, 11) is 0. The number of nitrogens with zero attached hydrogens (tertiary/aromatic N) is 5. The third-order valence-electron chi connectivity index (χ3n) is 3.87. The SMILES string of the molecule is [C-]#[N+]c1ccc(Oc2c(CC)nn(Cc3n[nH]c(C)n3)c2CC)cc1. The minimum Gasteiger partial charge on any atom is -0.454 e. The van der Waals surface area contributed by atoms with Gasteiger partial charge in [-0.3, -0.25) is 9.78 Å². The van der Waals surface area contributed by atoms with Crippen molar-refractivity contribution in [1.82, 2.24) is 25.0 Å². The van der Waals surface area contributed by atoms with Crippen LogP contribution in [0.3, 0.4) is 0 Å². The van der Waals surface area contributed by atoms with E-state index in [4.69, 9.17) is 11.3 Å². The number of aromatic nitrogens is 5. The van der Waals surface area contributed by atoms with Crippen LogP contribution in [0.4, 0.5) is 5.69 Å². The fourth-order valence-corrected chi connectivity index (χ4v) is 2.66. The highest BCUT2D eigenvalue weighted by Crippen LogP contribution is 2.31. The van der Waals surface area contributed by atoms with E-state index >= 15 is 0 Å². The number of nitrogens with one attached hydrogen (secondary N) is 1. The molecule has 0 radical (unpaired) electrons. The topological polar surface area (TPSA) is 73.0 Å². The number of ether oxygens (including phenoxy) is 1. The van der Waals surface area contributed by atoms with Gasteiger partial charge in [-0.05, 0) is 31.9 Å². The average molecular weight is 336 g/mol. The van der Waals surface area contributed by atoms with E-state index in [1.54, 1.807) is 12.1 Å². The van der Waals surface area contributed by atoms with Crippen molar-refractivity contribution in [3.63, 3.8) is 0 Å². The first-order chi connectivity index (χ1) is 12.1. The third kappa shape index (κ3) is 3.53. The summed E-state index contributed by atoms with van der Waals surface area (Å²) in [6.45, 7) is 13.5. The van der Waals surface area contributed by atoms with E-state index in [1.807, 2.05) is 23.7 Å². The first-order valence-electron chi connectivity index (χ1n) is 8.26. The van der Waals surface area contributed by atoms with Crippen LogP contribution in [0.15, 0.2) is 24.3 Å². The Morgan fingerprint density at radius 3 is 2.52 bits per heavy atom. The molecular formula is C18H20N6O. The standard InChI is InChI=1S/C18H20N6O/c1-5-15-18(25-14-9-7-13(19-4)8-10-14)16(6-2)24(23-15)11-17-20-12(3)21-22-17/h7-10H,5-6,11H2,1-3H3,(H,20,21,22). The van der Waals surface area contributed by atoms with Gasteiger partial charge in [0, 0.05) is 0 Å². The van der Waals surface area contributed by atoms with Crippen LogP contribution in [-0.2, 0) is 19.4 Å². The van der Waals surface area contributed by atoms with Crippen LogP contribution in [0, 0.1) is 13.5 Å². The van der Waals surface area contributed by atoms with Crippen LogP contribution in [0.1, 0.15) is 36.9 Å². The van der Waals surface area contributed by atoms with Gasteiger partial charge >= 0.3 is 0 Å². The van der Waals surface area contributed by atoms with Crippen molar-refractivity contribution in [2.24, 2.45) is 0 Å². The summed E-state index contributed by atoms with van der Waals surface area (Å²) in [4.78, 5) is 7.75. The summed E-state index contributed by atoms with van der Waals surface area (Å²) < 4.78 is 8.02. The van der Waals surface area contributed by atoms with Crippen LogP contribution in [0.25, 0.3) is 4.85 Å². The number of aromatic amines is 1. The average Bonchev–Trinajstić information content (AvgIpc) is 3.18. The minimum absolute atomic E-state index is 0.501. The Morgan fingerprint density at radius 2 is 1.96 bits per heavy atom. The lowest BCUT2D eigenvalue weighted by molar-refractivity contribution is 0.469. The molecule has 2 heterocycles. The van der Waals surface area contributed by atoms with Crippen LogP contribution in [0.2, 0.25) is 0 Å². The molecule has 0 aliphatic rings. The second-order valence-corrected chi connectivity index (χ2v) is 5.63. The molecule has 7 heteroatoms. The van der Waals surface area contributed by atoms with Crippen LogP contribution < -0.4 is 4.74 Å². The van der Waals surface area contributed by atoms with Gasteiger partial charge in [-0.25, -0.2) is 9.83 Å². The summed E-state index contributed by atoms with van der Waals surface area (Å²) in [5.74, 6) is 2.97. The molecule has 0 atom stereocenters. The van der Waals surface area contributed by atoms with Gasteiger partial charge in [-0.1, -0.05) is 26.0 Å². The summed E-state index contributed by atoms with van der Waals surface area (Å²) in [6.07, 6.45) is 1.55. The summed E-state index contributed by atoms with van der Waals surface area (Å²) in [5, 5.41) is 11.7. The molecule has 1 aromatic carbocycles. The highest BCUT2D eigenvalue weighted by molar-refractivity contribution is 5.48. The molecule has 1 N–H and O–H groups in total. The van der Waals surface area contributed by atoms with Crippen molar-refractivity contribution in [2.45, 2.75) is 40.2 Å². The van der Waals surface area contributed by atoms with Crippen LogP contribution in [0.5, 0.6) is 11.5 Å². The fourth-order valence-electron chi connectivity index (χ4n) is 2.66. The fraction of sp³-hybridized carbons (Fsp3) is 0.333. The molecule has 0 saturated carbocycles. The molecule has 0 amide bonds. The van der Waals surface area contributed by atoms with E-state index in [2.05, 4.69) is 39.0 Å². The maximum Gasteiger partial charge on any atom is 0.187 e. The van der Waals surface area contributed by atoms with Crippen molar-refractivity contribution in [3.8, 4) is 11.5 Å². The minimum atomic E-state index is 0.501. The maximum atomic E-state index is 7.03. The van der Waals surface area contributed by atoms with E-state index in [-0.39, 0.29) is 0 Å². The normalized spacial score (nSPS) is 10.6. The van der Waals surface area contributed by atoms with Gasteiger partial charge in [0.25, 0.3) is 0 Å². The predicted molar refractivity (Wildman–Crippen MR) is 94.0 cm³/mol. The molecule has 7 nitrogen and oxygen atoms in total. The molecule has 0 saturated heterocycles.